The Balaban J connectivity index is 2.65. The number of halogens is 1. The highest BCUT2D eigenvalue weighted by atomic mass is 79.9. The van der Waals surface area contributed by atoms with Crippen LogP contribution in [0.25, 0.3) is 0 Å². The highest BCUT2D eigenvalue weighted by Gasteiger charge is 2.18. The first-order valence-electron chi connectivity index (χ1n) is 4.34. The first-order chi connectivity index (χ1) is 7.13. The molecule has 6 heteroatoms. The van der Waals surface area contributed by atoms with Gasteiger partial charge in [-0.1, -0.05) is 11.8 Å². The van der Waals surface area contributed by atoms with Crippen LogP contribution in [0.2, 0.25) is 0 Å². The zero-order valence-corrected chi connectivity index (χ0v) is 10.3. The summed E-state index contributed by atoms with van der Waals surface area (Å²) in [6.07, 6.45) is 2.08. The molecule has 15 heavy (non-hydrogen) atoms. The van der Waals surface area contributed by atoms with Gasteiger partial charge in [-0.2, -0.15) is 0 Å². The van der Waals surface area contributed by atoms with Crippen molar-refractivity contribution in [2.45, 2.75) is 16.7 Å². The van der Waals surface area contributed by atoms with Gasteiger partial charge in [-0.25, -0.2) is 4.98 Å². The smallest absolute Gasteiger partial charge is 0.317 e. The van der Waals surface area contributed by atoms with Crippen LogP contribution < -0.4 is 5.73 Å². The van der Waals surface area contributed by atoms with Crippen LogP contribution in [0.5, 0.6) is 0 Å². The zero-order valence-electron chi connectivity index (χ0n) is 7.89. The number of nitrogens with zero attached hydrogens (tertiary/aromatic N) is 1. The molecule has 0 radical (unpaired) electrons. The molecular formula is C9H11BrN2O2S. The lowest BCUT2D eigenvalue weighted by atomic mass is 10.3. The van der Waals surface area contributed by atoms with Crippen molar-refractivity contribution in [2.75, 3.05) is 6.54 Å². The number of aromatic nitrogens is 1. The second-order valence-electron chi connectivity index (χ2n) is 2.84. The molecule has 3 N–H and O–H groups in total. The van der Waals surface area contributed by atoms with Crippen molar-refractivity contribution in [3.05, 3.63) is 22.8 Å². The lowest BCUT2D eigenvalue weighted by Crippen LogP contribution is -2.20. The van der Waals surface area contributed by atoms with Crippen LogP contribution in [0.4, 0.5) is 0 Å². The van der Waals surface area contributed by atoms with Gasteiger partial charge in [-0.05, 0) is 41.0 Å². The van der Waals surface area contributed by atoms with Crippen molar-refractivity contribution >= 4 is 33.7 Å². The van der Waals surface area contributed by atoms with Crippen LogP contribution >= 0.6 is 27.7 Å². The fourth-order valence-electron chi connectivity index (χ4n) is 0.962. The molecule has 0 amide bonds. The van der Waals surface area contributed by atoms with E-state index in [-0.39, 0.29) is 0 Å². The summed E-state index contributed by atoms with van der Waals surface area (Å²) in [5.41, 5.74) is 5.34. The molecule has 0 aromatic carbocycles. The number of pyridine rings is 1. The van der Waals surface area contributed by atoms with Crippen LogP contribution in [0, 0.1) is 0 Å². The lowest BCUT2D eigenvalue weighted by Gasteiger charge is -2.09. The Morgan fingerprint density at radius 3 is 2.87 bits per heavy atom. The molecule has 0 aliphatic rings. The van der Waals surface area contributed by atoms with E-state index in [1.54, 1.807) is 12.3 Å². The van der Waals surface area contributed by atoms with Gasteiger partial charge in [-0.3, -0.25) is 4.79 Å². The summed E-state index contributed by atoms with van der Waals surface area (Å²) in [6, 6.07) is 3.61. The monoisotopic (exact) mass is 290 g/mol. The van der Waals surface area contributed by atoms with Crippen molar-refractivity contribution in [1.82, 2.24) is 4.98 Å². The number of hydrogen-bond acceptors (Lipinski definition) is 4. The van der Waals surface area contributed by atoms with E-state index in [1.807, 2.05) is 6.07 Å². The molecule has 1 aromatic heterocycles. The van der Waals surface area contributed by atoms with Crippen LogP contribution in [0.15, 0.2) is 27.8 Å². The Labute approximate surface area is 100 Å². The predicted octanol–water partition coefficient (Wildman–Crippen LogP) is 1.74. The molecule has 1 rings (SSSR count). The van der Waals surface area contributed by atoms with Crippen molar-refractivity contribution in [3.8, 4) is 0 Å². The molecule has 0 aliphatic carbocycles. The fraction of sp³-hybridized carbons (Fsp3) is 0.333. The van der Waals surface area contributed by atoms with Gasteiger partial charge in [-0.15, -0.1) is 0 Å². The van der Waals surface area contributed by atoms with Crippen LogP contribution in [-0.2, 0) is 4.79 Å². The van der Waals surface area contributed by atoms with Crippen LogP contribution in [-0.4, -0.2) is 27.9 Å². The normalized spacial score (nSPS) is 12.4. The van der Waals surface area contributed by atoms with E-state index in [1.165, 1.54) is 11.8 Å². The van der Waals surface area contributed by atoms with Gasteiger partial charge in [0.15, 0.2) is 0 Å². The second-order valence-corrected chi connectivity index (χ2v) is 4.98. The fourth-order valence-corrected chi connectivity index (χ4v) is 2.10. The maximum absolute atomic E-state index is 10.8. The van der Waals surface area contributed by atoms with Crippen molar-refractivity contribution in [2.24, 2.45) is 5.73 Å². The second kappa shape index (κ2) is 6.09. The average molecular weight is 291 g/mol. The van der Waals surface area contributed by atoms with Gasteiger partial charge in [0.25, 0.3) is 0 Å². The van der Waals surface area contributed by atoms with Gasteiger partial charge >= 0.3 is 5.97 Å². The predicted molar refractivity (Wildman–Crippen MR) is 62.9 cm³/mol. The molecule has 1 atom stereocenters. The van der Waals surface area contributed by atoms with E-state index in [4.69, 9.17) is 10.8 Å². The summed E-state index contributed by atoms with van der Waals surface area (Å²) >= 11 is 4.48. The van der Waals surface area contributed by atoms with E-state index in [0.717, 1.165) is 4.47 Å². The minimum atomic E-state index is -0.852. The van der Waals surface area contributed by atoms with Crippen molar-refractivity contribution in [3.63, 3.8) is 0 Å². The molecule has 4 nitrogen and oxygen atoms in total. The number of aliphatic carboxylic acids is 1. The third kappa shape index (κ3) is 4.19. The molecule has 0 bridgehead atoms. The average Bonchev–Trinajstić information content (AvgIpc) is 2.20. The summed E-state index contributed by atoms with van der Waals surface area (Å²) in [4.78, 5) is 14.9. The molecule has 1 aromatic rings. The molecular weight excluding hydrogens is 280 g/mol. The number of nitrogens with two attached hydrogens (primary N) is 1. The Kier molecular flexibility index (Phi) is 5.07. The molecule has 0 spiro atoms. The highest BCUT2D eigenvalue weighted by Crippen LogP contribution is 2.24. The van der Waals surface area contributed by atoms with Crippen LogP contribution in [0.1, 0.15) is 6.42 Å². The largest absolute Gasteiger partial charge is 0.480 e. The summed E-state index contributed by atoms with van der Waals surface area (Å²) in [5.74, 6) is -0.852. The third-order valence-electron chi connectivity index (χ3n) is 1.67. The SMILES string of the molecule is NCCC(Sc1ccc(Br)cn1)C(=O)O. The van der Waals surface area contributed by atoms with Gasteiger partial charge in [0.1, 0.15) is 5.25 Å². The zero-order chi connectivity index (χ0) is 11.3. The Hall–Kier alpha value is -0.590. The summed E-state index contributed by atoms with van der Waals surface area (Å²) in [7, 11) is 0. The van der Waals surface area contributed by atoms with Gasteiger partial charge in [0.05, 0.1) is 5.03 Å². The minimum Gasteiger partial charge on any atom is -0.480 e. The van der Waals surface area contributed by atoms with E-state index >= 15 is 0 Å². The summed E-state index contributed by atoms with van der Waals surface area (Å²) < 4.78 is 0.873. The number of carboxylic acid groups (broad SMARTS) is 1. The topological polar surface area (TPSA) is 76.2 Å². The maximum atomic E-state index is 10.8. The molecule has 1 unspecified atom stereocenters. The highest BCUT2D eigenvalue weighted by molar-refractivity contribution is 9.10. The maximum Gasteiger partial charge on any atom is 0.317 e. The molecule has 0 fully saturated rings. The van der Waals surface area contributed by atoms with Crippen molar-refractivity contribution in [1.29, 1.82) is 0 Å². The molecule has 82 valence electrons. The van der Waals surface area contributed by atoms with E-state index < -0.39 is 11.2 Å². The minimum absolute atomic E-state index is 0.362. The van der Waals surface area contributed by atoms with E-state index in [2.05, 4.69) is 20.9 Å². The number of rotatable bonds is 5. The molecule has 0 saturated heterocycles. The summed E-state index contributed by atoms with van der Waals surface area (Å²) in [6.45, 7) is 0.362. The standard InChI is InChI=1S/C9H11BrN2O2S/c10-6-1-2-8(12-5-6)15-7(3-4-11)9(13)14/h1-2,5,7H,3-4,11H2,(H,13,14). The van der Waals surface area contributed by atoms with Gasteiger partial charge < -0.3 is 10.8 Å². The number of hydrogen-bond donors (Lipinski definition) is 2. The third-order valence-corrected chi connectivity index (χ3v) is 3.34. The first kappa shape index (κ1) is 12.5. The Bertz CT molecular complexity index is 331. The van der Waals surface area contributed by atoms with Gasteiger partial charge in [0, 0.05) is 10.7 Å². The number of carbonyl (C=O) groups is 1. The quantitative estimate of drug-likeness (QED) is 0.808. The van der Waals surface area contributed by atoms with Crippen LogP contribution in [0.3, 0.4) is 0 Å². The molecule has 1 heterocycles. The van der Waals surface area contributed by atoms with E-state index in [9.17, 15) is 4.79 Å². The first-order valence-corrected chi connectivity index (χ1v) is 6.02. The number of thioether (sulfide) groups is 1. The molecule has 0 saturated carbocycles. The lowest BCUT2D eigenvalue weighted by molar-refractivity contribution is -0.136. The van der Waals surface area contributed by atoms with E-state index in [0.29, 0.717) is 18.0 Å². The number of carboxylic acids is 1. The van der Waals surface area contributed by atoms with Gasteiger partial charge in [0.2, 0.25) is 0 Å². The Morgan fingerprint density at radius 2 is 2.40 bits per heavy atom. The Morgan fingerprint density at radius 1 is 1.67 bits per heavy atom. The van der Waals surface area contributed by atoms with Crippen molar-refractivity contribution < 1.29 is 9.90 Å². The summed E-state index contributed by atoms with van der Waals surface area (Å²) in [5, 5.41) is 9.08. The molecule has 0 aliphatic heterocycles.